The van der Waals surface area contributed by atoms with Gasteiger partial charge in [-0.05, 0) is 36.8 Å². The van der Waals surface area contributed by atoms with Crippen molar-refractivity contribution in [3.63, 3.8) is 0 Å². The molecular weight excluding hydrogens is 462 g/mol. The number of para-hydroxylation sites is 2. The van der Waals surface area contributed by atoms with Crippen molar-refractivity contribution in [2.75, 3.05) is 20.0 Å². The van der Waals surface area contributed by atoms with Crippen LogP contribution in [0.15, 0.2) is 76.6 Å². The molecule has 4 aromatic rings. The molecule has 0 aliphatic carbocycles. The number of nitrogens with one attached hydrogen (secondary N) is 1. The van der Waals surface area contributed by atoms with Gasteiger partial charge >= 0.3 is 0 Å². The van der Waals surface area contributed by atoms with Gasteiger partial charge in [0.1, 0.15) is 11.5 Å². The van der Waals surface area contributed by atoms with Gasteiger partial charge in [-0.2, -0.15) is 0 Å². The number of hydrogen-bond acceptors (Lipinski definition) is 6. The van der Waals surface area contributed by atoms with Gasteiger partial charge in [0.2, 0.25) is 5.91 Å². The molecule has 0 aliphatic heterocycles. The lowest BCUT2D eigenvalue weighted by molar-refractivity contribution is -0.118. The van der Waals surface area contributed by atoms with Crippen LogP contribution in [0.3, 0.4) is 0 Å². The molecule has 0 aliphatic rings. The number of carbonyl (C=O) groups excluding carboxylic acids is 1. The summed E-state index contributed by atoms with van der Waals surface area (Å²) in [6, 6.07) is 21.1. The summed E-state index contributed by atoms with van der Waals surface area (Å²) in [6.07, 6.45) is 0. The molecule has 0 spiro atoms. The first-order chi connectivity index (χ1) is 17.0. The van der Waals surface area contributed by atoms with E-state index in [0.29, 0.717) is 35.1 Å². The van der Waals surface area contributed by atoms with E-state index in [2.05, 4.69) is 10.3 Å². The zero-order valence-corrected chi connectivity index (χ0v) is 20.7. The number of nitrogens with zero attached hydrogens (tertiary/aromatic N) is 2. The van der Waals surface area contributed by atoms with Crippen LogP contribution < -0.4 is 20.3 Å². The Morgan fingerprint density at radius 2 is 1.80 bits per heavy atom. The lowest BCUT2D eigenvalue weighted by Crippen LogP contribution is -2.27. The Balaban J connectivity index is 1.49. The summed E-state index contributed by atoms with van der Waals surface area (Å²) in [5, 5.41) is 3.18. The lowest BCUT2D eigenvalue weighted by Gasteiger charge is -2.13. The number of ether oxygens (including phenoxy) is 2. The zero-order valence-electron chi connectivity index (χ0n) is 19.9. The largest absolute Gasteiger partial charge is 0.497 e. The summed E-state index contributed by atoms with van der Waals surface area (Å²) in [4.78, 5) is 30.4. The lowest BCUT2D eigenvalue weighted by atomic mass is 10.1. The maximum absolute atomic E-state index is 13.3. The molecule has 0 saturated heterocycles. The highest BCUT2D eigenvalue weighted by Crippen LogP contribution is 2.24. The number of aromatic nitrogens is 2. The quantitative estimate of drug-likeness (QED) is 0.355. The summed E-state index contributed by atoms with van der Waals surface area (Å²) >= 11 is 1.14. The van der Waals surface area contributed by atoms with Crippen LogP contribution in [0.4, 0.5) is 0 Å². The molecule has 1 aromatic heterocycles. The van der Waals surface area contributed by atoms with E-state index in [1.807, 2.05) is 67.6 Å². The molecule has 0 fully saturated rings. The highest BCUT2D eigenvalue weighted by molar-refractivity contribution is 7.99. The molecule has 0 atom stereocenters. The first-order valence-corrected chi connectivity index (χ1v) is 12.1. The molecule has 7 nitrogen and oxygen atoms in total. The number of rotatable bonds is 9. The van der Waals surface area contributed by atoms with Crippen LogP contribution >= 0.6 is 11.8 Å². The van der Waals surface area contributed by atoms with Crippen molar-refractivity contribution in [1.82, 2.24) is 14.9 Å². The molecule has 8 heteroatoms. The van der Waals surface area contributed by atoms with E-state index in [1.54, 1.807) is 24.9 Å². The molecular formula is C27H27N3O4S. The van der Waals surface area contributed by atoms with Gasteiger partial charge < -0.3 is 14.8 Å². The number of methoxy groups -OCH3 is 2. The van der Waals surface area contributed by atoms with E-state index >= 15 is 0 Å². The molecule has 4 rings (SSSR count). The van der Waals surface area contributed by atoms with Crippen molar-refractivity contribution in [3.05, 3.63) is 93.8 Å². The van der Waals surface area contributed by atoms with E-state index in [9.17, 15) is 9.59 Å². The summed E-state index contributed by atoms with van der Waals surface area (Å²) in [5.74, 6) is 1.18. The SMILES string of the molecule is COc1ccc(CNC(=O)CSc2nc3ccccc3n(Cc3ccc(C)cc3)c2=O)c(OC)c1. The third-order valence-corrected chi connectivity index (χ3v) is 6.54. The number of benzene rings is 3. The number of hydrogen-bond donors (Lipinski definition) is 1. The number of fused-ring (bicyclic) bond motifs is 1. The molecule has 1 N–H and O–H groups in total. The second-order valence-electron chi connectivity index (χ2n) is 8.03. The predicted molar refractivity (Wildman–Crippen MR) is 138 cm³/mol. The van der Waals surface area contributed by atoms with Gasteiger partial charge in [0.25, 0.3) is 5.56 Å². The maximum Gasteiger partial charge on any atom is 0.283 e. The van der Waals surface area contributed by atoms with E-state index in [4.69, 9.17) is 9.47 Å². The first-order valence-electron chi connectivity index (χ1n) is 11.1. The van der Waals surface area contributed by atoms with E-state index in [-0.39, 0.29) is 17.2 Å². The average Bonchev–Trinajstić information content (AvgIpc) is 2.89. The minimum absolute atomic E-state index is 0.0730. The molecule has 1 amide bonds. The Kier molecular flexibility index (Phi) is 7.72. The van der Waals surface area contributed by atoms with E-state index in [1.165, 1.54) is 0 Å². The van der Waals surface area contributed by atoms with E-state index < -0.39 is 0 Å². The van der Waals surface area contributed by atoms with Crippen LogP contribution in [0.1, 0.15) is 16.7 Å². The smallest absolute Gasteiger partial charge is 0.283 e. The monoisotopic (exact) mass is 489 g/mol. The zero-order chi connectivity index (χ0) is 24.8. The standard InChI is InChI=1S/C27H27N3O4S/c1-18-8-10-19(11-9-18)16-30-23-7-5-4-6-22(23)29-26(27(30)32)35-17-25(31)28-15-20-12-13-21(33-2)14-24(20)34-3/h4-14H,15-17H2,1-3H3,(H,28,31). The molecule has 0 radical (unpaired) electrons. The van der Waals surface area contributed by atoms with Crippen LogP contribution in [-0.4, -0.2) is 35.4 Å². The van der Waals surface area contributed by atoms with Gasteiger partial charge in [-0.15, -0.1) is 0 Å². The topological polar surface area (TPSA) is 82.5 Å². The minimum Gasteiger partial charge on any atom is -0.497 e. The van der Waals surface area contributed by atoms with Gasteiger partial charge in [-0.3, -0.25) is 14.2 Å². The molecule has 3 aromatic carbocycles. The van der Waals surface area contributed by atoms with Crippen molar-refractivity contribution in [3.8, 4) is 11.5 Å². The van der Waals surface area contributed by atoms with Crippen molar-refractivity contribution in [1.29, 1.82) is 0 Å². The van der Waals surface area contributed by atoms with Gasteiger partial charge in [-0.25, -0.2) is 4.98 Å². The Labute approximate surface area is 208 Å². The molecule has 35 heavy (non-hydrogen) atoms. The fraction of sp³-hybridized carbons (Fsp3) is 0.222. The van der Waals surface area contributed by atoms with Gasteiger partial charge in [-0.1, -0.05) is 53.7 Å². The van der Waals surface area contributed by atoms with Crippen LogP contribution in [0.2, 0.25) is 0 Å². The van der Waals surface area contributed by atoms with Gasteiger partial charge in [0.05, 0.1) is 37.6 Å². The molecule has 1 heterocycles. The van der Waals surface area contributed by atoms with Gasteiger partial charge in [0, 0.05) is 18.2 Å². The fourth-order valence-corrected chi connectivity index (χ4v) is 4.44. The van der Waals surface area contributed by atoms with Crippen molar-refractivity contribution in [2.45, 2.75) is 25.0 Å². The normalized spacial score (nSPS) is 10.8. The highest BCUT2D eigenvalue weighted by Gasteiger charge is 2.14. The summed E-state index contributed by atoms with van der Waals surface area (Å²) in [6.45, 7) is 2.76. The predicted octanol–water partition coefficient (Wildman–Crippen LogP) is 4.18. The summed E-state index contributed by atoms with van der Waals surface area (Å²) in [7, 11) is 3.16. The number of thioether (sulfide) groups is 1. The van der Waals surface area contributed by atoms with Gasteiger partial charge in [0.15, 0.2) is 5.03 Å². The first kappa shape index (κ1) is 24.3. The minimum atomic E-state index is -0.209. The molecule has 0 unspecified atom stereocenters. The molecule has 0 saturated carbocycles. The molecule has 180 valence electrons. The van der Waals surface area contributed by atoms with Crippen molar-refractivity contribution >= 4 is 28.7 Å². The summed E-state index contributed by atoms with van der Waals surface area (Å²) in [5.41, 5.74) is 4.28. The van der Waals surface area contributed by atoms with Crippen LogP contribution in [0.25, 0.3) is 11.0 Å². The number of carbonyl (C=O) groups is 1. The summed E-state index contributed by atoms with van der Waals surface area (Å²) < 4.78 is 12.3. The van der Waals surface area contributed by atoms with Crippen molar-refractivity contribution in [2.24, 2.45) is 0 Å². The Bertz CT molecular complexity index is 1400. The van der Waals surface area contributed by atoms with Crippen LogP contribution in [-0.2, 0) is 17.9 Å². The second-order valence-corrected chi connectivity index (χ2v) is 8.99. The third kappa shape index (κ3) is 5.84. The Morgan fingerprint density at radius 3 is 2.54 bits per heavy atom. The second kappa shape index (κ2) is 11.1. The highest BCUT2D eigenvalue weighted by atomic mass is 32.2. The average molecular weight is 490 g/mol. The molecule has 0 bridgehead atoms. The Hall–Kier alpha value is -3.78. The third-order valence-electron chi connectivity index (χ3n) is 5.59. The van der Waals surface area contributed by atoms with Crippen molar-refractivity contribution < 1.29 is 14.3 Å². The van der Waals surface area contributed by atoms with E-state index in [0.717, 1.165) is 34.0 Å². The number of aryl methyl sites for hydroxylation is 1. The Morgan fingerprint density at radius 1 is 1.03 bits per heavy atom. The number of amides is 1. The maximum atomic E-state index is 13.3. The fourth-order valence-electron chi connectivity index (χ4n) is 3.67. The van der Waals surface area contributed by atoms with Crippen LogP contribution in [0.5, 0.6) is 11.5 Å². The van der Waals surface area contributed by atoms with Crippen LogP contribution in [0, 0.1) is 6.92 Å².